The van der Waals surface area contributed by atoms with Crippen LogP contribution in [0.15, 0.2) is 42.5 Å². The van der Waals surface area contributed by atoms with Gasteiger partial charge in [0, 0.05) is 5.56 Å². The number of ketones is 1. The molecule has 32 heavy (non-hydrogen) atoms. The zero-order valence-electron chi connectivity index (χ0n) is 17.8. The van der Waals surface area contributed by atoms with Crippen molar-refractivity contribution in [3.63, 3.8) is 0 Å². The van der Waals surface area contributed by atoms with Gasteiger partial charge in [-0.2, -0.15) is 0 Å². The Morgan fingerprint density at radius 2 is 1.59 bits per heavy atom. The Morgan fingerprint density at radius 3 is 2.22 bits per heavy atom. The van der Waals surface area contributed by atoms with Crippen LogP contribution in [0.1, 0.15) is 51.3 Å². The number of fused-ring (bicyclic) bond motifs is 2. The number of ether oxygens (including phenoxy) is 3. The van der Waals surface area contributed by atoms with Gasteiger partial charge < -0.3 is 14.2 Å². The standard InChI is InChI=1S/C24H23NO7/c1-14(2)11-18(25-22(27)16-5-3-4-6-17(16)23(25)28)24(29)32-13-19(26)15-7-8-20-21(12-15)31-10-9-30-20/h3-8,12,14,18H,9-11,13H2,1-2H3/t18-/m0/s1. The highest BCUT2D eigenvalue weighted by Crippen LogP contribution is 2.31. The molecule has 4 rings (SSSR count). The van der Waals surface area contributed by atoms with E-state index in [1.165, 1.54) is 0 Å². The highest BCUT2D eigenvalue weighted by atomic mass is 16.6. The molecule has 0 saturated carbocycles. The number of esters is 1. The molecule has 0 spiro atoms. The molecule has 166 valence electrons. The van der Waals surface area contributed by atoms with E-state index in [9.17, 15) is 19.2 Å². The van der Waals surface area contributed by atoms with Gasteiger partial charge in [-0.1, -0.05) is 26.0 Å². The van der Waals surface area contributed by atoms with Gasteiger partial charge in [0.15, 0.2) is 23.9 Å². The lowest BCUT2D eigenvalue weighted by atomic mass is 10.0. The summed E-state index contributed by atoms with van der Waals surface area (Å²) < 4.78 is 16.2. The largest absolute Gasteiger partial charge is 0.486 e. The number of carbonyl (C=O) groups is 4. The molecule has 0 fully saturated rings. The molecule has 1 atom stereocenters. The number of benzene rings is 2. The summed E-state index contributed by atoms with van der Waals surface area (Å²) in [6, 6.07) is 10.1. The van der Waals surface area contributed by atoms with Crippen LogP contribution in [0.5, 0.6) is 11.5 Å². The van der Waals surface area contributed by atoms with Crippen LogP contribution >= 0.6 is 0 Å². The zero-order chi connectivity index (χ0) is 22.8. The maximum absolute atomic E-state index is 12.9. The highest BCUT2D eigenvalue weighted by molar-refractivity contribution is 6.22. The molecular formula is C24H23NO7. The first-order valence-electron chi connectivity index (χ1n) is 10.4. The molecule has 2 heterocycles. The van der Waals surface area contributed by atoms with E-state index in [1.54, 1.807) is 42.5 Å². The van der Waals surface area contributed by atoms with Crippen LogP contribution in [0.4, 0.5) is 0 Å². The van der Waals surface area contributed by atoms with Crippen molar-refractivity contribution in [3.8, 4) is 11.5 Å². The monoisotopic (exact) mass is 437 g/mol. The van der Waals surface area contributed by atoms with E-state index in [2.05, 4.69) is 0 Å². The quantitative estimate of drug-likeness (QED) is 0.373. The molecule has 2 aliphatic heterocycles. The molecule has 8 heteroatoms. The lowest BCUT2D eigenvalue weighted by Gasteiger charge is -2.26. The number of imide groups is 1. The van der Waals surface area contributed by atoms with Crippen molar-refractivity contribution >= 4 is 23.6 Å². The molecule has 0 aliphatic carbocycles. The molecule has 2 aromatic rings. The summed E-state index contributed by atoms with van der Waals surface area (Å²) in [6.45, 7) is 4.05. The van der Waals surface area contributed by atoms with Crippen molar-refractivity contribution in [2.45, 2.75) is 26.3 Å². The normalized spacial score (nSPS) is 15.5. The van der Waals surface area contributed by atoms with Gasteiger partial charge in [0.05, 0.1) is 11.1 Å². The molecule has 8 nitrogen and oxygen atoms in total. The molecule has 2 amide bonds. The van der Waals surface area contributed by atoms with Crippen LogP contribution in [0, 0.1) is 5.92 Å². The average Bonchev–Trinajstić information content (AvgIpc) is 3.05. The molecule has 0 N–H and O–H groups in total. The van der Waals surface area contributed by atoms with Crippen LogP contribution in [-0.4, -0.2) is 54.3 Å². The summed E-state index contributed by atoms with van der Waals surface area (Å²) in [7, 11) is 0. The number of carbonyl (C=O) groups excluding carboxylic acids is 4. The van der Waals surface area contributed by atoms with E-state index >= 15 is 0 Å². The summed E-state index contributed by atoms with van der Waals surface area (Å²) in [6.07, 6.45) is 0.225. The first-order chi connectivity index (χ1) is 15.4. The fourth-order valence-corrected chi connectivity index (χ4v) is 3.78. The fourth-order valence-electron chi connectivity index (χ4n) is 3.78. The number of hydrogen-bond acceptors (Lipinski definition) is 7. The third kappa shape index (κ3) is 4.08. The Hall–Kier alpha value is -3.68. The van der Waals surface area contributed by atoms with Crippen molar-refractivity contribution < 1.29 is 33.4 Å². The second kappa shape index (κ2) is 8.82. The van der Waals surface area contributed by atoms with Gasteiger partial charge in [0.2, 0.25) is 0 Å². The van der Waals surface area contributed by atoms with Crippen molar-refractivity contribution in [2.75, 3.05) is 19.8 Å². The summed E-state index contributed by atoms with van der Waals surface area (Å²) in [5, 5.41) is 0. The summed E-state index contributed by atoms with van der Waals surface area (Å²) in [5.41, 5.74) is 0.820. The van der Waals surface area contributed by atoms with Crippen molar-refractivity contribution in [1.82, 2.24) is 4.90 Å². The SMILES string of the molecule is CC(C)C[C@@H](C(=O)OCC(=O)c1ccc2c(c1)OCCO2)N1C(=O)c2ccccc2C1=O. The lowest BCUT2D eigenvalue weighted by Crippen LogP contribution is -2.46. The summed E-state index contributed by atoms with van der Waals surface area (Å²) in [5.74, 6) is -1.28. The molecule has 0 saturated heterocycles. The summed E-state index contributed by atoms with van der Waals surface area (Å²) in [4.78, 5) is 52.1. The van der Waals surface area contributed by atoms with Crippen molar-refractivity contribution in [1.29, 1.82) is 0 Å². The maximum Gasteiger partial charge on any atom is 0.329 e. The van der Waals surface area contributed by atoms with Crippen LogP contribution < -0.4 is 9.47 Å². The Bertz CT molecular complexity index is 1060. The third-order valence-corrected chi connectivity index (χ3v) is 5.31. The smallest absolute Gasteiger partial charge is 0.329 e. The van der Waals surface area contributed by atoms with Crippen LogP contribution in [0.25, 0.3) is 0 Å². The van der Waals surface area contributed by atoms with E-state index < -0.39 is 36.2 Å². The van der Waals surface area contributed by atoms with E-state index in [0.717, 1.165) is 4.90 Å². The van der Waals surface area contributed by atoms with Gasteiger partial charge in [-0.05, 0) is 42.7 Å². The lowest BCUT2D eigenvalue weighted by molar-refractivity contribution is -0.147. The minimum atomic E-state index is -1.12. The first kappa shape index (κ1) is 21.5. The molecule has 0 aromatic heterocycles. The zero-order valence-corrected chi connectivity index (χ0v) is 17.8. The van der Waals surface area contributed by atoms with Gasteiger partial charge >= 0.3 is 5.97 Å². The van der Waals surface area contributed by atoms with Gasteiger partial charge in [-0.25, -0.2) is 4.79 Å². The Labute approximate surface area is 185 Å². The van der Waals surface area contributed by atoms with Crippen molar-refractivity contribution in [3.05, 3.63) is 59.2 Å². The fraction of sp³-hybridized carbons (Fsp3) is 0.333. The van der Waals surface area contributed by atoms with E-state index in [1.807, 2.05) is 13.8 Å². The molecule has 0 radical (unpaired) electrons. The van der Waals surface area contributed by atoms with Gasteiger partial charge in [-0.3, -0.25) is 19.3 Å². The average molecular weight is 437 g/mol. The van der Waals surface area contributed by atoms with E-state index in [-0.39, 0.29) is 23.5 Å². The molecule has 0 unspecified atom stereocenters. The Morgan fingerprint density at radius 1 is 0.969 bits per heavy atom. The van der Waals surface area contributed by atoms with E-state index in [0.29, 0.717) is 30.3 Å². The highest BCUT2D eigenvalue weighted by Gasteiger charge is 2.43. The second-order valence-corrected chi connectivity index (χ2v) is 8.06. The Balaban J connectivity index is 1.48. The van der Waals surface area contributed by atoms with Gasteiger partial charge in [0.1, 0.15) is 19.3 Å². The van der Waals surface area contributed by atoms with Gasteiger partial charge in [0.25, 0.3) is 11.8 Å². The minimum absolute atomic E-state index is 0.00496. The number of nitrogens with zero attached hydrogens (tertiary/aromatic N) is 1. The summed E-state index contributed by atoms with van der Waals surface area (Å²) >= 11 is 0. The molecule has 0 bridgehead atoms. The number of amides is 2. The van der Waals surface area contributed by atoms with Crippen LogP contribution in [-0.2, 0) is 9.53 Å². The predicted octanol–water partition coefficient (Wildman–Crippen LogP) is 2.89. The minimum Gasteiger partial charge on any atom is -0.486 e. The van der Waals surface area contributed by atoms with Crippen LogP contribution in [0.3, 0.4) is 0 Å². The van der Waals surface area contributed by atoms with Gasteiger partial charge in [-0.15, -0.1) is 0 Å². The van der Waals surface area contributed by atoms with E-state index in [4.69, 9.17) is 14.2 Å². The number of hydrogen-bond donors (Lipinski definition) is 0. The second-order valence-electron chi connectivity index (χ2n) is 8.06. The molecular weight excluding hydrogens is 414 g/mol. The van der Waals surface area contributed by atoms with Crippen LogP contribution in [0.2, 0.25) is 0 Å². The number of rotatable bonds is 7. The number of Topliss-reactive ketones (excluding diaryl/α,β-unsaturated/α-hetero) is 1. The topological polar surface area (TPSA) is 99.2 Å². The first-order valence-corrected chi connectivity index (χ1v) is 10.4. The Kier molecular flexibility index (Phi) is 5.94. The maximum atomic E-state index is 12.9. The predicted molar refractivity (Wildman–Crippen MR) is 113 cm³/mol. The molecule has 2 aromatic carbocycles. The third-order valence-electron chi connectivity index (χ3n) is 5.31. The molecule has 2 aliphatic rings. The van der Waals surface area contributed by atoms with Crippen molar-refractivity contribution in [2.24, 2.45) is 5.92 Å².